The molecule has 1 aliphatic rings. The third-order valence-electron chi connectivity index (χ3n) is 2.84. The number of nitrogen functional groups attached to an aromatic ring is 1. The number of rotatable bonds is 1. The fourth-order valence-corrected chi connectivity index (χ4v) is 1.61. The molecule has 4 nitrogen and oxygen atoms in total. The molecular formula is C11H12BF3N2O2. The van der Waals surface area contributed by atoms with Crippen LogP contribution in [-0.4, -0.2) is 17.7 Å². The first kappa shape index (κ1) is 13.7. The van der Waals surface area contributed by atoms with Crippen molar-refractivity contribution in [1.29, 1.82) is 0 Å². The molecule has 0 radical (unpaired) electrons. The van der Waals surface area contributed by atoms with Crippen LogP contribution in [-0.2, 0) is 15.5 Å². The molecule has 2 N–H and O–H groups in total. The second-order valence-electron chi connectivity index (χ2n) is 4.70. The van der Waals surface area contributed by atoms with Crippen LogP contribution in [0.15, 0.2) is 24.6 Å². The van der Waals surface area contributed by atoms with Crippen LogP contribution >= 0.6 is 0 Å². The van der Waals surface area contributed by atoms with E-state index in [1.807, 2.05) is 0 Å². The van der Waals surface area contributed by atoms with Crippen LogP contribution < -0.4 is 11.2 Å². The van der Waals surface area contributed by atoms with Crippen molar-refractivity contribution < 1.29 is 22.5 Å². The monoisotopic (exact) mass is 272 g/mol. The summed E-state index contributed by atoms with van der Waals surface area (Å²) in [6.07, 6.45) is -3.37. The Labute approximate surface area is 108 Å². The van der Waals surface area contributed by atoms with Crippen molar-refractivity contribution in [1.82, 2.24) is 4.98 Å². The molecule has 0 aliphatic carbocycles. The molecule has 1 aromatic heterocycles. The maximum Gasteiger partial charge on any atom is 0.564 e. The lowest BCUT2D eigenvalue weighted by Gasteiger charge is -2.15. The highest BCUT2D eigenvalue weighted by atomic mass is 19.4. The zero-order valence-electron chi connectivity index (χ0n) is 10.4. The fourth-order valence-electron chi connectivity index (χ4n) is 1.61. The highest BCUT2D eigenvalue weighted by Gasteiger charge is 2.44. The van der Waals surface area contributed by atoms with Gasteiger partial charge >= 0.3 is 13.3 Å². The largest absolute Gasteiger partial charge is 0.564 e. The van der Waals surface area contributed by atoms with Gasteiger partial charge in [0.1, 0.15) is 11.4 Å². The van der Waals surface area contributed by atoms with Gasteiger partial charge in [0.05, 0.1) is 11.3 Å². The van der Waals surface area contributed by atoms with E-state index in [9.17, 15) is 13.2 Å². The molecular weight excluding hydrogens is 260 g/mol. The Bertz CT molecular complexity index is 531. The summed E-state index contributed by atoms with van der Waals surface area (Å²) in [7, 11) is -0.961. The van der Waals surface area contributed by atoms with Crippen molar-refractivity contribution in [2.45, 2.75) is 25.6 Å². The first-order valence-electron chi connectivity index (χ1n) is 5.48. The molecule has 0 unspecified atom stereocenters. The summed E-state index contributed by atoms with van der Waals surface area (Å²) in [4.78, 5) is 3.53. The highest BCUT2D eigenvalue weighted by Crippen LogP contribution is 2.33. The number of anilines is 1. The molecule has 1 aliphatic heterocycles. The van der Waals surface area contributed by atoms with Gasteiger partial charge < -0.3 is 15.0 Å². The van der Waals surface area contributed by atoms with E-state index in [0.29, 0.717) is 5.76 Å². The Hall–Kier alpha value is -1.70. The maximum absolute atomic E-state index is 12.7. The molecule has 0 atom stereocenters. The number of aromatic nitrogens is 1. The summed E-state index contributed by atoms with van der Waals surface area (Å²) in [6.45, 7) is 7.08. The average Bonchev–Trinajstić information content (AvgIpc) is 2.52. The maximum atomic E-state index is 12.7. The number of nitrogens with zero attached hydrogens (tertiary/aromatic N) is 1. The number of alkyl halides is 3. The second-order valence-corrected chi connectivity index (χ2v) is 4.70. The van der Waals surface area contributed by atoms with Gasteiger partial charge in [-0.2, -0.15) is 13.2 Å². The van der Waals surface area contributed by atoms with Crippen molar-refractivity contribution in [3.63, 3.8) is 0 Å². The van der Waals surface area contributed by atoms with Crippen molar-refractivity contribution in [3.05, 3.63) is 30.2 Å². The van der Waals surface area contributed by atoms with E-state index < -0.39 is 30.3 Å². The first-order valence-corrected chi connectivity index (χ1v) is 5.48. The predicted octanol–water partition coefficient (Wildman–Crippen LogP) is 1.72. The number of halogens is 3. The number of hydrogen-bond donors (Lipinski definition) is 1. The molecule has 19 heavy (non-hydrogen) atoms. The van der Waals surface area contributed by atoms with E-state index in [4.69, 9.17) is 15.0 Å². The van der Waals surface area contributed by atoms with Crippen LogP contribution in [0.5, 0.6) is 0 Å². The normalized spacial score (nSPS) is 18.6. The van der Waals surface area contributed by atoms with Crippen molar-refractivity contribution in [2.75, 3.05) is 5.73 Å². The molecule has 0 aromatic carbocycles. The summed E-state index contributed by atoms with van der Waals surface area (Å²) in [5.41, 5.74) is 3.60. The predicted molar refractivity (Wildman–Crippen MR) is 64.4 cm³/mol. The summed E-state index contributed by atoms with van der Waals surface area (Å²) in [6, 6.07) is 0.877. The van der Waals surface area contributed by atoms with Crippen molar-refractivity contribution >= 4 is 18.4 Å². The molecule has 0 bridgehead atoms. The molecule has 0 amide bonds. The molecule has 2 rings (SSSR count). The Morgan fingerprint density at radius 3 is 2.53 bits per heavy atom. The summed E-state index contributed by atoms with van der Waals surface area (Å²) in [5.74, 6) is -0.227. The lowest BCUT2D eigenvalue weighted by Crippen LogP contribution is -2.35. The van der Waals surface area contributed by atoms with Gasteiger partial charge in [-0.25, -0.2) is 4.98 Å². The van der Waals surface area contributed by atoms with Crippen LogP contribution in [0.4, 0.5) is 19.0 Å². The first-order chi connectivity index (χ1) is 8.61. The minimum atomic E-state index is -4.57. The highest BCUT2D eigenvalue weighted by molar-refractivity contribution is 6.62. The smallest absolute Gasteiger partial charge is 0.534 e. The number of pyridine rings is 1. The lowest BCUT2D eigenvalue weighted by atomic mass is 9.79. The Kier molecular flexibility index (Phi) is 3.01. The van der Waals surface area contributed by atoms with E-state index in [-0.39, 0.29) is 5.46 Å². The Balaban J connectivity index is 2.36. The van der Waals surface area contributed by atoms with Crippen LogP contribution in [0.1, 0.15) is 19.4 Å². The van der Waals surface area contributed by atoms with E-state index >= 15 is 0 Å². The van der Waals surface area contributed by atoms with Crippen LogP contribution in [0.25, 0.3) is 0 Å². The molecule has 0 spiro atoms. The molecule has 102 valence electrons. The van der Waals surface area contributed by atoms with E-state index in [0.717, 1.165) is 6.07 Å². The minimum Gasteiger partial charge on any atom is -0.534 e. The van der Waals surface area contributed by atoms with E-state index in [1.54, 1.807) is 13.8 Å². The van der Waals surface area contributed by atoms with Gasteiger partial charge in [0, 0.05) is 11.7 Å². The summed E-state index contributed by atoms with van der Waals surface area (Å²) in [5, 5.41) is 0. The molecule has 1 fully saturated rings. The second kappa shape index (κ2) is 4.16. The van der Waals surface area contributed by atoms with E-state index in [1.165, 1.54) is 6.20 Å². The fraction of sp³-hybridized carbons (Fsp3) is 0.364. The van der Waals surface area contributed by atoms with Gasteiger partial charge in [-0.3, -0.25) is 0 Å². The molecule has 2 heterocycles. The average molecular weight is 272 g/mol. The third-order valence-corrected chi connectivity index (χ3v) is 2.84. The molecule has 1 saturated heterocycles. The summed E-state index contributed by atoms with van der Waals surface area (Å²) >= 11 is 0. The Morgan fingerprint density at radius 2 is 2.05 bits per heavy atom. The van der Waals surface area contributed by atoms with Crippen LogP contribution in [0.3, 0.4) is 0 Å². The molecule has 8 heteroatoms. The van der Waals surface area contributed by atoms with Crippen molar-refractivity contribution in [3.8, 4) is 0 Å². The Morgan fingerprint density at radius 1 is 1.42 bits per heavy atom. The van der Waals surface area contributed by atoms with Gasteiger partial charge in [0.15, 0.2) is 0 Å². The van der Waals surface area contributed by atoms with Crippen LogP contribution in [0.2, 0.25) is 0 Å². The third kappa shape index (κ3) is 2.53. The van der Waals surface area contributed by atoms with Gasteiger partial charge in [-0.05, 0) is 19.9 Å². The number of hydrogen-bond acceptors (Lipinski definition) is 4. The van der Waals surface area contributed by atoms with Gasteiger partial charge in [0.2, 0.25) is 0 Å². The summed E-state index contributed by atoms with van der Waals surface area (Å²) < 4.78 is 49.0. The van der Waals surface area contributed by atoms with Gasteiger partial charge in [-0.1, -0.05) is 6.58 Å². The zero-order chi connectivity index (χ0) is 14.4. The zero-order valence-corrected chi connectivity index (χ0v) is 10.4. The minimum absolute atomic E-state index is 0.147. The molecule has 1 aromatic rings. The van der Waals surface area contributed by atoms with Crippen molar-refractivity contribution in [2.24, 2.45) is 0 Å². The standard InChI is InChI=1S/C11H12BF3N2O2/c1-6-10(2,3)19-12(18-6)7-4-8(11(13,14)15)9(16)17-5-7/h4-5H,1H2,2-3H3,(H2,16,17). The number of nitrogens with two attached hydrogens (primary N) is 1. The van der Waals surface area contributed by atoms with Gasteiger partial charge in [-0.15, -0.1) is 0 Å². The van der Waals surface area contributed by atoms with Crippen LogP contribution in [0, 0.1) is 0 Å². The van der Waals surface area contributed by atoms with E-state index in [2.05, 4.69) is 11.6 Å². The quantitative estimate of drug-likeness (QED) is 0.791. The lowest BCUT2D eigenvalue weighted by molar-refractivity contribution is -0.137. The van der Waals surface area contributed by atoms with Gasteiger partial charge in [0.25, 0.3) is 0 Å². The topological polar surface area (TPSA) is 57.4 Å². The molecule has 0 saturated carbocycles. The SMILES string of the molecule is C=C1OB(c2cnc(N)c(C(F)(F)F)c2)OC1(C)C.